The van der Waals surface area contributed by atoms with Crippen molar-refractivity contribution in [2.75, 3.05) is 13.2 Å². The van der Waals surface area contributed by atoms with Crippen LogP contribution in [0.15, 0.2) is 24.3 Å². The highest BCUT2D eigenvalue weighted by molar-refractivity contribution is 5.85. The van der Waals surface area contributed by atoms with Gasteiger partial charge in [0.05, 0.1) is 0 Å². The molecule has 0 spiro atoms. The van der Waals surface area contributed by atoms with Crippen LogP contribution in [0, 0.1) is 0 Å². The van der Waals surface area contributed by atoms with Crippen molar-refractivity contribution in [1.82, 2.24) is 4.90 Å². The number of benzene rings is 1. The number of β-amino-alcohol motifs (C(OH)–C–C–N with tert-alkyl or cyclic N) is 1. The molecule has 4 unspecified atom stereocenters. The van der Waals surface area contributed by atoms with Crippen LogP contribution < -0.4 is 4.74 Å². The Kier molecular flexibility index (Phi) is 9.11. The molecule has 0 bridgehead atoms. The maximum absolute atomic E-state index is 10.4. The number of aliphatic hydroxyl groups is 1. The number of hydrogen-bond donors (Lipinski definition) is 1. The van der Waals surface area contributed by atoms with Gasteiger partial charge in [-0.25, -0.2) is 0 Å². The number of hydrogen-bond acceptors (Lipinski definition) is 3. The van der Waals surface area contributed by atoms with Crippen molar-refractivity contribution in [3.63, 3.8) is 0 Å². The number of likely N-dealkylation sites (tertiary alicyclic amines) is 1. The molecular formula is C20H34ClNO2. The number of piperidine rings is 1. The molecule has 1 heterocycles. The van der Waals surface area contributed by atoms with E-state index in [-0.39, 0.29) is 12.4 Å². The van der Waals surface area contributed by atoms with E-state index in [1.165, 1.54) is 24.8 Å². The van der Waals surface area contributed by atoms with Crippen molar-refractivity contribution in [1.29, 1.82) is 0 Å². The first kappa shape index (κ1) is 21.3. The second kappa shape index (κ2) is 10.3. The molecule has 138 valence electrons. The standard InChI is InChI=1S/C20H33NO2.ClH/c1-5-15(2)19-11-6-7-12-20(19)23-14-18(22)13-21-16(3)9-8-10-17(21)4;/h6-7,11-12,15-18,22H,5,8-10,13-14H2,1-4H3;1H. The summed E-state index contributed by atoms with van der Waals surface area (Å²) in [6.45, 7) is 10.0. The Labute approximate surface area is 153 Å². The molecule has 4 heteroatoms. The molecule has 0 aromatic heterocycles. The highest BCUT2D eigenvalue weighted by atomic mass is 35.5. The topological polar surface area (TPSA) is 32.7 Å². The third-order valence-corrected chi connectivity index (χ3v) is 5.29. The maximum atomic E-state index is 10.4. The number of halogens is 1. The summed E-state index contributed by atoms with van der Waals surface area (Å²) in [5.41, 5.74) is 1.24. The van der Waals surface area contributed by atoms with E-state index in [1.807, 2.05) is 12.1 Å². The van der Waals surface area contributed by atoms with Crippen molar-refractivity contribution in [3.05, 3.63) is 29.8 Å². The van der Waals surface area contributed by atoms with Gasteiger partial charge in [0, 0.05) is 18.6 Å². The fourth-order valence-electron chi connectivity index (χ4n) is 3.56. The summed E-state index contributed by atoms with van der Waals surface area (Å²) >= 11 is 0. The normalized spacial score (nSPS) is 24.0. The summed E-state index contributed by atoms with van der Waals surface area (Å²) in [5, 5.41) is 10.4. The number of rotatable bonds is 7. The van der Waals surface area contributed by atoms with Crippen molar-refractivity contribution in [3.8, 4) is 5.75 Å². The molecule has 1 saturated heterocycles. The maximum Gasteiger partial charge on any atom is 0.122 e. The van der Waals surface area contributed by atoms with Gasteiger partial charge in [0.2, 0.25) is 0 Å². The molecule has 1 fully saturated rings. The van der Waals surface area contributed by atoms with Crippen molar-refractivity contribution in [2.45, 2.75) is 77.5 Å². The summed E-state index contributed by atoms with van der Waals surface area (Å²) in [5.74, 6) is 1.39. The van der Waals surface area contributed by atoms with Crippen LogP contribution in [0.4, 0.5) is 0 Å². The molecule has 1 aromatic rings. The lowest BCUT2D eigenvalue weighted by Crippen LogP contribution is -2.48. The zero-order chi connectivity index (χ0) is 16.8. The van der Waals surface area contributed by atoms with Gasteiger partial charge in [0.1, 0.15) is 18.5 Å². The van der Waals surface area contributed by atoms with Crippen LogP contribution in [-0.4, -0.2) is 41.3 Å². The average Bonchev–Trinajstić information content (AvgIpc) is 2.56. The minimum Gasteiger partial charge on any atom is -0.491 e. The molecule has 24 heavy (non-hydrogen) atoms. The molecule has 2 rings (SSSR count). The van der Waals surface area contributed by atoms with Crippen molar-refractivity contribution < 1.29 is 9.84 Å². The summed E-state index contributed by atoms with van der Waals surface area (Å²) in [6.07, 6.45) is 4.41. The fraction of sp³-hybridized carbons (Fsp3) is 0.700. The number of para-hydroxylation sites is 1. The van der Waals surface area contributed by atoms with Crippen molar-refractivity contribution in [2.24, 2.45) is 0 Å². The first-order valence-electron chi connectivity index (χ1n) is 9.18. The van der Waals surface area contributed by atoms with Gasteiger partial charge in [0.15, 0.2) is 0 Å². The second-order valence-electron chi connectivity index (χ2n) is 7.14. The predicted octanol–water partition coefficient (Wildman–Crippen LogP) is 4.62. The van der Waals surface area contributed by atoms with E-state index in [0.717, 1.165) is 12.2 Å². The lowest BCUT2D eigenvalue weighted by Gasteiger charge is -2.40. The highest BCUT2D eigenvalue weighted by Gasteiger charge is 2.26. The average molecular weight is 356 g/mol. The Bertz CT molecular complexity index is 472. The molecule has 1 aliphatic heterocycles. The van der Waals surface area contributed by atoms with Gasteiger partial charge in [-0.3, -0.25) is 4.90 Å². The van der Waals surface area contributed by atoms with Crippen LogP contribution in [0.1, 0.15) is 64.9 Å². The molecule has 1 aromatic carbocycles. The van der Waals surface area contributed by atoms with E-state index in [2.05, 4.69) is 44.7 Å². The Morgan fingerprint density at radius 2 is 1.83 bits per heavy atom. The minimum atomic E-state index is -0.442. The zero-order valence-electron chi connectivity index (χ0n) is 15.6. The highest BCUT2D eigenvalue weighted by Crippen LogP contribution is 2.28. The molecule has 1 N–H and O–H groups in total. The largest absolute Gasteiger partial charge is 0.491 e. The molecule has 0 radical (unpaired) electrons. The molecular weight excluding hydrogens is 322 g/mol. The summed E-state index contributed by atoms with van der Waals surface area (Å²) < 4.78 is 5.96. The molecule has 0 saturated carbocycles. The Balaban J connectivity index is 0.00000288. The van der Waals surface area contributed by atoms with Gasteiger partial charge >= 0.3 is 0 Å². The predicted molar refractivity (Wildman–Crippen MR) is 103 cm³/mol. The monoisotopic (exact) mass is 355 g/mol. The lowest BCUT2D eigenvalue weighted by atomic mass is 9.97. The quantitative estimate of drug-likeness (QED) is 0.774. The molecule has 0 amide bonds. The summed E-state index contributed by atoms with van der Waals surface area (Å²) in [6, 6.07) is 9.32. The van der Waals surface area contributed by atoms with E-state index in [1.54, 1.807) is 0 Å². The van der Waals surface area contributed by atoms with Crippen LogP contribution >= 0.6 is 12.4 Å². The lowest BCUT2D eigenvalue weighted by molar-refractivity contribution is 0.0207. The van der Waals surface area contributed by atoms with E-state index >= 15 is 0 Å². The Hall–Kier alpha value is -0.770. The van der Waals surface area contributed by atoms with Gasteiger partial charge in [-0.2, -0.15) is 0 Å². The van der Waals surface area contributed by atoms with Crippen LogP contribution in [0.5, 0.6) is 5.75 Å². The first-order chi connectivity index (χ1) is 11.0. The van der Waals surface area contributed by atoms with Gasteiger partial charge in [-0.1, -0.05) is 38.5 Å². The number of nitrogens with zero attached hydrogens (tertiary/aromatic N) is 1. The van der Waals surface area contributed by atoms with Crippen LogP contribution in [0.25, 0.3) is 0 Å². The Morgan fingerprint density at radius 1 is 1.21 bits per heavy atom. The first-order valence-corrected chi connectivity index (χ1v) is 9.18. The van der Waals surface area contributed by atoms with Gasteiger partial charge < -0.3 is 9.84 Å². The van der Waals surface area contributed by atoms with E-state index in [9.17, 15) is 5.11 Å². The molecule has 1 aliphatic rings. The second-order valence-corrected chi connectivity index (χ2v) is 7.14. The fourth-order valence-corrected chi connectivity index (χ4v) is 3.56. The minimum absolute atomic E-state index is 0. The van der Waals surface area contributed by atoms with Crippen molar-refractivity contribution >= 4 is 12.4 Å². The summed E-state index contributed by atoms with van der Waals surface area (Å²) in [4.78, 5) is 2.43. The number of aliphatic hydroxyl groups excluding tert-OH is 1. The summed E-state index contributed by atoms with van der Waals surface area (Å²) in [7, 11) is 0. The smallest absolute Gasteiger partial charge is 0.122 e. The van der Waals surface area contributed by atoms with Crippen LogP contribution in [-0.2, 0) is 0 Å². The molecule has 4 atom stereocenters. The van der Waals surface area contributed by atoms with Gasteiger partial charge in [0.25, 0.3) is 0 Å². The number of ether oxygens (including phenoxy) is 1. The van der Waals surface area contributed by atoms with E-state index < -0.39 is 6.10 Å². The van der Waals surface area contributed by atoms with Gasteiger partial charge in [-0.15, -0.1) is 12.4 Å². The third kappa shape index (κ3) is 5.65. The molecule has 3 nitrogen and oxygen atoms in total. The third-order valence-electron chi connectivity index (χ3n) is 5.29. The zero-order valence-corrected chi connectivity index (χ0v) is 16.4. The SMILES string of the molecule is CCC(C)c1ccccc1OCC(O)CN1C(C)CCCC1C.Cl. The van der Waals surface area contributed by atoms with Crippen LogP contribution in [0.2, 0.25) is 0 Å². The Morgan fingerprint density at radius 3 is 2.46 bits per heavy atom. The van der Waals surface area contributed by atoms with E-state index in [0.29, 0.717) is 31.2 Å². The molecule has 0 aliphatic carbocycles. The van der Waals surface area contributed by atoms with E-state index in [4.69, 9.17) is 4.74 Å². The van der Waals surface area contributed by atoms with Gasteiger partial charge in [-0.05, 0) is 50.7 Å². The van der Waals surface area contributed by atoms with Crippen LogP contribution in [0.3, 0.4) is 0 Å².